The highest BCUT2D eigenvalue weighted by atomic mass is 16.3. The first kappa shape index (κ1) is 24.7. The van der Waals surface area contributed by atoms with E-state index in [0.717, 1.165) is 55.7 Å². The summed E-state index contributed by atoms with van der Waals surface area (Å²) in [6, 6.07) is 24.3. The van der Waals surface area contributed by atoms with Crippen LogP contribution in [0.4, 0.5) is 0 Å². The molecule has 1 N–H and O–H groups in total. The molecule has 0 atom stereocenters. The minimum absolute atomic E-state index is 0.226. The Morgan fingerprint density at radius 3 is 2.03 bits per heavy atom. The fourth-order valence-corrected chi connectivity index (χ4v) is 8.54. The zero-order valence-electron chi connectivity index (χ0n) is 22.8. The average molecular weight is 494 g/mol. The van der Waals surface area contributed by atoms with Gasteiger partial charge < -0.3 is 5.11 Å². The third kappa shape index (κ3) is 5.23. The van der Waals surface area contributed by atoms with Crippen LogP contribution in [0, 0.1) is 24.7 Å². The molecule has 4 bridgehead atoms. The summed E-state index contributed by atoms with van der Waals surface area (Å²) in [5.41, 5.74) is 8.18. The van der Waals surface area contributed by atoms with Crippen molar-refractivity contribution < 1.29 is 5.11 Å². The Bertz CT molecular complexity index is 1190. The van der Waals surface area contributed by atoms with E-state index in [-0.39, 0.29) is 5.41 Å². The van der Waals surface area contributed by atoms with Crippen LogP contribution in [0.1, 0.15) is 78.3 Å². The molecule has 4 saturated carbocycles. The quantitative estimate of drug-likeness (QED) is 0.327. The molecule has 0 spiro atoms. The third-order valence-electron chi connectivity index (χ3n) is 9.70. The molecule has 0 heterocycles. The van der Waals surface area contributed by atoms with Gasteiger partial charge in [-0.25, -0.2) is 0 Å². The van der Waals surface area contributed by atoms with Crippen molar-refractivity contribution in [1.82, 2.24) is 4.90 Å². The van der Waals surface area contributed by atoms with Crippen molar-refractivity contribution in [3.63, 3.8) is 0 Å². The largest absolute Gasteiger partial charge is 0.507 e. The van der Waals surface area contributed by atoms with E-state index in [1.807, 2.05) is 0 Å². The van der Waals surface area contributed by atoms with Gasteiger partial charge in [0, 0.05) is 24.2 Å². The molecular weight excluding hydrogens is 450 g/mol. The van der Waals surface area contributed by atoms with Crippen molar-refractivity contribution in [2.24, 2.45) is 17.8 Å². The predicted octanol–water partition coefficient (Wildman–Crippen LogP) is 7.98. The van der Waals surface area contributed by atoms with Gasteiger partial charge in [0.25, 0.3) is 0 Å². The van der Waals surface area contributed by atoms with Gasteiger partial charge in [0.15, 0.2) is 0 Å². The number of hydrogen-bond donors (Lipinski definition) is 1. The second-order valence-electron chi connectivity index (χ2n) is 12.8. The van der Waals surface area contributed by atoms with Gasteiger partial charge in [-0.05, 0) is 112 Å². The van der Waals surface area contributed by atoms with Gasteiger partial charge in [-0.3, -0.25) is 4.90 Å². The highest BCUT2D eigenvalue weighted by Crippen LogP contribution is 2.62. The molecule has 3 aromatic rings. The lowest BCUT2D eigenvalue weighted by atomic mass is 9.48. The van der Waals surface area contributed by atoms with E-state index in [9.17, 15) is 5.11 Å². The highest BCUT2D eigenvalue weighted by molar-refractivity contribution is 5.49. The van der Waals surface area contributed by atoms with E-state index in [4.69, 9.17) is 0 Å². The highest BCUT2D eigenvalue weighted by Gasteiger charge is 2.52. The molecular formula is C35H43NO. The van der Waals surface area contributed by atoms with E-state index >= 15 is 0 Å². The van der Waals surface area contributed by atoms with Crippen LogP contribution in [0.3, 0.4) is 0 Å². The second kappa shape index (κ2) is 10.3. The van der Waals surface area contributed by atoms with Crippen molar-refractivity contribution in [3.8, 4) is 5.75 Å². The van der Waals surface area contributed by atoms with Crippen molar-refractivity contribution in [2.45, 2.75) is 83.2 Å². The SMILES string of the molecule is Cc1cc(CN(C)Cc2ccccc2CCCc2ccccc2)c(O)c(C23CC4CC(CC(C4)C2)C3)c1. The summed E-state index contributed by atoms with van der Waals surface area (Å²) in [5.74, 6) is 3.25. The zero-order chi connectivity index (χ0) is 25.4. The van der Waals surface area contributed by atoms with Gasteiger partial charge in [-0.1, -0.05) is 72.3 Å². The Morgan fingerprint density at radius 2 is 1.35 bits per heavy atom. The summed E-state index contributed by atoms with van der Waals surface area (Å²) in [6.07, 6.45) is 11.6. The summed E-state index contributed by atoms with van der Waals surface area (Å²) in [5, 5.41) is 11.6. The molecule has 7 rings (SSSR count). The lowest BCUT2D eigenvalue weighted by molar-refractivity contribution is -0.00624. The molecule has 194 valence electrons. The predicted molar refractivity (Wildman–Crippen MR) is 153 cm³/mol. The first-order valence-corrected chi connectivity index (χ1v) is 14.6. The Morgan fingerprint density at radius 1 is 0.757 bits per heavy atom. The van der Waals surface area contributed by atoms with Crippen LogP contribution in [0.2, 0.25) is 0 Å². The fraction of sp³-hybridized carbons (Fsp3) is 0.486. The molecule has 4 aliphatic rings. The summed E-state index contributed by atoms with van der Waals surface area (Å²) in [6.45, 7) is 3.90. The van der Waals surface area contributed by atoms with Crippen molar-refractivity contribution >= 4 is 0 Å². The summed E-state index contributed by atoms with van der Waals surface area (Å²) >= 11 is 0. The van der Waals surface area contributed by atoms with Crippen LogP contribution < -0.4 is 0 Å². The molecule has 2 nitrogen and oxygen atoms in total. The number of phenols is 1. The number of benzene rings is 3. The number of nitrogens with zero attached hydrogens (tertiary/aromatic N) is 1. The lowest BCUT2D eigenvalue weighted by Crippen LogP contribution is -2.48. The Labute approximate surface area is 223 Å². The molecule has 0 aliphatic heterocycles. The van der Waals surface area contributed by atoms with Crippen LogP contribution in [0.5, 0.6) is 5.75 Å². The normalized spacial score (nSPS) is 26.2. The van der Waals surface area contributed by atoms with Gasteiger partial charge in [-0.15, -0.1) is 0 Å². The van der Waals surface area contributed by atoms with Gasteiger partial charge >= 0.3 is 0 Å². The number of aromatic hydroxyl groups is 1. The molecule has 0 saturated heterocycles. The Hall–Kier alpha value is -2.58. The number of rotatable bonds is 9. The van der Waals surface area contributed by atoms with Crippen LogP contribution in [-0.2, 0) is 31.3 Å². The van der Waals surface area contributed by atoms with Crippen LogP contribution >= 0.6 is 0 Å². The van der Waals surface area contributed by atoms with Gasteiger partial charge in [0.2, 0.25) is 0 Å². The summed E-state index contributed by atoms with van der Waals surface area (Å²) < 4.78 is 0. The minimum atomic E-state index is 0.226. The number of hydrogen-bond acceptors (Lipinski definition) is 2. The molecule has 4 aliphatic carbocycles. The first-order valence-electron chi connectivity index (χ1n) is 14.6. The topological polar surface area (TPSA) is 23.5 Å². The van der Waals surface area contributed by atoms with Crippen LogP contribution in [-0.4, -0.2) is 17.1 Å². The summed E-state index contributed by atoms with van der Waals surface area (Å²) in [7, 11) is 2.20. The van der Waals surface area contributed by atoms with Gasteiger partial charge in [-0.2, -0.15) is 0 Å². The number of phenolic OH excluding ortho intramolecular Hbond substituents is 1. The summed E-state index contributed by atoms with van der Waals surface area (Å²) in [4.78, 5) is 2.38. The van der Waals surface area contributed by atoms with Crippen LogP contribution in [0.25, 0.3) is 0 Å². The fourth-order valence-electron chi connectivity index (χ4n) is 8.54. The van der Waals surface area contributed by atoms with E-state index < -0.39 is 0 Å². The van der Waals surface area contributed by atoms with Crippen molar-refractivity contribution in [2.75, 3.05) is 7.05 Å². The van der Waals surface area contributed by atoms with Gasteiger partial charge in [0.1, 0.15) is 5.75 Å². The maximum absolute atomic E-state index is 11.6. The molecule has 0 unspecified atom stereocenters. The zero-order valence-corrected chi connectivity index (χ0v) is 22.8. The lowest BCUT2D eigenvalue weighted by Gasteiger charge is -2.57. The second-order valence-corrected chi connectivity index (χ2v) is 12.8. The van der Waals surface area contributed by atoms with E-state index in [1.165, 1.54) is 66.3 Å². The molecule has 3 aromatic carbocycles. The molecule has 0 radical (unpaired) electrons. The van der Waals surface area contributed by atoms with Crippen molar-refractivity contribution in [1.29, 1.82) is 0 Å². The Balaban J connectivity index is 1.16. The molecule has 2 heteroatoms. The van der Waals surface area contributed by atoms with E-state index in [0.29, 0.717) is 5.75 Å². The van der Waals surface area contributed by atoms with E-state index in [1.54, 1.807) is 0 Å². The smallest absolute Gasteiger partial charge is 0.123 e. The molecule has 0 aromatic heterocycles. The average Bonchev–Trinajstić information content (AvgIpc) is 2.87. The monoisotopic (exact) mass is 493 g/mol. The van der Waals surface area contributed by atoms with Crippen LogP contribution in [0.15, 0.2) is 66.7 Å². The maximum Gasteiger partial charge on any atom is 0.123 e. The maximum atomic E-state index is 11.6. The van der Waals surface area contributed by atoms with Gasteiger partial charge in [0.05, 0.1) is 0 Å². The minimum Gasteiger partial charge on any atom is -0.507 e. The molecule has 37 heavy (non-hydrogen) atoms. The standard InChI is InChI=1S/C35H43NO/c1-25-15-32(34(37)33(16-25)35-20-27-17-28(21-35)19-29(18-27)22-35)24-36(2)23-31-13-7-6-12-30(31)14-8-11-26-9-4-3-5-10-26/h3-7,9-10,12-13,15-16,27-29,37H,8,11,14,17-24H2,1-2H3. The molecule has 0 amide bonds. The Kier molecular flexibility index (Phi) is 6.88. The first-order chi connectivity index (χ1) is 18.0. The molecule has 4 fully saturated rings. The number of aryl methyl sites for hydroxylation is 3. The van der Waals surface area contributed by atoms with E-state index in [2.05, 4.69) is 85.6 Å². The third-order valence-corrected chi connectivity index (χ3v) is 9.70. The van der Waals surface area contributed by atoms with Crippen molar-refractivity contribution in [3.05, 3.63) is 100 Å².